The molecule has 0 saturated heterocycles. The number of para-hydroxylation sites is 1. The minimum atomic E-state index is -0.590. The molecule has 114 valence electrons. The summed E-state index contributed by atoms with van der Waals surface area (Å²) in [7, 11) is 1.49. The lowest BCUT2D eigenvalue weighted by Crippen LogP contribution is -2.20. The molecule has 0 bridgehead atoms. The molecule has 2 N–H and O–H groups in total. The first-order valence-electron chi connectivity index (χ1n) is 6.48. The Kier molecular flexibility index (Phi) is 5.08. The zero-order chi connectivity index (χ0) is 15.9. The third-order valence-corrected chi connectivity index (χ3v) is 2.77. The van der Waals surface area contributed by atoms with Crippen LogP contribution in [0.25, 0.3) is 0 Å². The highest BCUT2D eigenvalue weighted by Crippen LogP contribution is 2.30. The number of hydrogen-bond acceptors (Lipinski definition) is 4. The molecule has 0 radical (unpaired) electrons. The summed E-state index contributed by atoms with van der Waals surface area (Å²) in [6.45, 7) is -0.266. The van der Waals surface area contributed by atoms with E-state index in [1.807, 2.05) is 0 Å². The zero-order valence-corrected chi connectivity index (χ0v) is 12.0. The Morgan fingerprint density at radius 3 is 2.64 bits per heavy atom. The standard InChI is InChI=1S/C16H15FN2O3/c1-21-14-4-2-3-11(16(14)22-10-15(18)20)9-19-13-7-5-12(17)6-8-13/h2-9H,10H2,1H3,(H2,18,20). The maximum atomic E-state index is 12.9. The molecule has 22 heavy (non-hydrogen) atoms. The van der Waals surface area contributed by atoms with Gasteiger partial charge in [0.1, 0.15) is 5.82 Å². The molecule has 1 amide bonds. The first kappa shape index (κ1) is 15.5. The summed E-state index contributed by atoms with van der Waals surface area (Å²) < 4.78 is 23.4. The molecule has 0 heterocycles. The number of carbonyl (C=O) groups is 1. The van der Waals surface area contributed by atoms with Crippen molar-refractivity contribution >= 4 is 17.8 Å². The number of hydrogen-bond donors (Lipinski definition) is 1. The van der Waals surface area contributed by atoms with Gasteiger partial charge in [-0.25, -0.2) is 4.39 Å². The van der Waals surface area contributed by atoms with Crippen molar-refractivity contribution in [2.24, 2.45) is 10.7 Å². The third-order valence-electron chi connectivity index (χ3n) is 2.77. The maximum absolute atomic E-state index is 12.9. The lowest BCUT2D eigenvalue weighted by molar-refractivity contribution is -0.119. The predicted molar refractivity (Wildman–Crippen MR) is 81.3 cm³/mol. The van der Waals surface area contributed by atoms with Crippen LogP contribution in [-0.4, -0.2) is 25.8 Å². The smallest absolute Gasteiger partial charge is 0.255 e. The van der Waals surface area contributed by atoms with Gasteiger partial charge in [-0.15, -0.1) is 0 Å². The number of halogens is 1. The van der Waals surface area contributed by atoms with Crippen LogP contribution in [0.2, 0.25) is 0 Å². The molecule has 2 aromatic rings. The summed E-state index contributed by atoms with van der Waals surface area (Å²) in [4.78, 5) is 15.1. The summed E-state index contributed by atoms with van der Waals surface area (Å²) in [6, 6.07) is 11.0. The van der Waals surface area contributed by atoms with E-state index in [2.05, 4.69) is 4.99 Å². The number of methoxy groups -OCH3 is 1. The van der Waals surface area contributed by atoms with Crippen LogP contribution in [0.3, 0.4) is 0 Å². The van der Waals surface area contributed by atoms with Gasteiger partial charge in [0, 0.05) is 11.8 Å². The van der Waals surface area contributed by atoms with Gasteiger partial charge in [-0.1, -0.05) is 6.07 Å². The summed E-state index contributed by atoms with van der Waals surface area (Å²) in [6.07, 6.45) is 1.55. The number of carbonyl (C=O) groups excluding carboxylic acids is 1. The lowest BCUT2D eigenvalue weighted by atomic mass is 10.2. The predicted octanol–water partition coefficient (Wildman–Crippen LogP) is 2.45. The Hall–Kier alpha value is -2.89. The molecule has 0 fully saturated rings. The fourth-order valence-electron chi connectivity index (χ4n) is 1.76. The van der Waals surface area contributed by atoms with Crippen molar-refractivity contribution < 1.29 is 18.7 Å². The van der Waals surface area contributed by atoms with Crippen LogP contribution in [0.1, 0.15) is 5.56 Å². The van der Waals surface area contributed by atoms with Crippen molar-refractivity contribution in [1.29, 1.82) is 0 Å². The van der Waals surface area contributed by atoms with Gasteiger partial charge in [0.15, 0.2) is 18.1 Å². The van der Waals surface area contributed by atoms with Crippen LogP contribution in [0.15, 0.2) is 47.5 Å². The second-order valence-corrected chi connectivity index (χ2v) is 4.37. The third kappa shape index (κ3) is 4.05. The van der Waals surface area contributed by atoms with Crippen LogP contribution in [0, 0.1) is 5.82 Å². The largest absolute Gasteiger partial charge is 0.493 e. The molecule has 0 aromatic heterocycles. The molecular weight excluding hydrogens is 287 g/mol. The number of amides is 1. The summed E-state index contributed by atoms with van der Waals surface area (Å²) in [5.41, 5.74) is 6.29. The van der Waals surface area contributed by atoms with E-state index in [4.69, 9.17) is 15.2 Å². The van der Waals surface area contributed by atoms with Gasteiger partial charge >= 0.3 is 0 Å². The molecule has 0 aliphatic rings. The quantitative estimate of drug-likeness (QED) is 0.833. The van der Waals surface area contributed by atoms with Gasteiger partial charge in [0.2, 0.25) is 0 Å². The van der Waals surface area contributed by atoms with Gasteiger partial charge in [-0.2, -0.15) is 0 Å². The SMILES string of the molecule is COc1cccc(C=Nc2ccc(F)cc2)c1OCC(N)=O. The van der Waals surface area contributed by atoms with E-state index in [1.165, 1.54) is 19.2 Å². The molecule has 5 nitrogen and oxygen atoms in total. The Morgan fingerprint density at radius 1 is 1.27 bits per heavy atom. The minimum absolute atomic E-state index is 0.266. The van der Waals surface area contributed by atoms with Gasteiger partial charge in [-0.3, -0.25) is 9.79 Å². The number of benzene rings is 2. The maximum Gasteiger partial charge on any atom is 0.255 e. The van der Waals surface area contributed by atoms with Crippen LogP contribution >= 0.6 is 0 Å². The Morgan fingerprint density at radius 2 is 2.00 bits per heavy atom. The van der Waals surface area contributed by atoms with Crippen molar-refractivity contribution in [3.63, 3.8) is 0 Å². The molecule has 6 heteroatoms. The fourth-order valence-corrected chi connectivity index (χ4v) is 1.76. The summed E-state index contributed by atoms with van der Waals surface area (Å²) >= 11 is 0. The monoisotopic (exact) mass is 302 g/mol. The molecule has 0 aliphatic heterocycles. The number of primary amides is 1. The van der Waals surface area contributed by atoms with E-state index in [-0.39, 0.29) is 12.4 Å². The highest BCUT2D eigenvalue weighted by atomic mass is 19.1. The number of ether oxygens (including phenoxy) is 2. The summed E-state index contributed by atoms with van der Waals surface area (Å²) in [5.74, 6) is -0.0860. The van der Waals surface area contributed by atoms with Gasteiger partial charge in [0.05, 0.1) is 12.8 Å². The average Bonchev–Trinajstić information content (AvgIpc) is 2.52. The Labute approximate surface area is 127 Å². The van der Waals surface area contributed by atoms with E-state index in [0.29, 0.717) is 22.7 Å². The zero-order valence-electron chi connectivity index (χ0n) is 12.0. The van der Waals surface area contributed by atoms with Crippen LogP contribution in [0.5, 0.6) is 11.5 Å². The minimum Gasteiger partial charge on any atom is -0.493 e. The molecule has 2 aromatic carbocycles. The second kappa shape index (κ2) is 7.21. The Balaban J connectivity index is 2.28. The van der Waals surface area contributed by atoms with E-state index < -0.39 is 5.91 Å². The molecule has 0 aliphatic carbocycles. The molecule has 2 rings (SSSR count). The number of rotatable bonds is 6. The highest BCUT2D eigenvalue weighted by molar-refractivity contribution is 5.87. The van der Waals surface area contributed by atoms with Crippen LogP contribution in [0.4, 0.5) is 10.1 Å². The van der Waals surface area contributed by atoms with Crippen molar-refractivity contribution in [2.75, 3.05) is 13.7 Å². The lowest BCUT2D eigenvalue weighted by Gasteiger charge is -2.11. The van der Waals surface area contributed by atoms with Crippen LogP contribution in [-0.2, 0) is 4.79 Å². The molecule has 0 saturated carbocycles. The molecule has 0 spiro atoms. The van der Waals surface area contributed by atoms with E-state index in [1.54, 1.807) is 36.5 Å². The number of aliphatic imine (C=N–C) groups is 1. The normalized spacial score (nSPS) is 10.6. The average molecular weight is 302 g/mol. The molecule has 0 unspecified atom stereocenters. The van der Waals surface area contributed by atoms with Gasteiger partial charge < -0.3 is 15.2 Å². The van der Waals surface area contributed by atoms with E-state index in [0.717, 1.165) is 0 Å². The van der Waals surface area contributed by atoms with Crippen molar-refractivity contribution in [3.05, 3.63) is 53.8 Å². The topological polar surface area (TPSA) is 73.9 Å². The van der Waals surface area contributed by atoms with Crippen molar-refractivity contribution in [1.82, 2.24) is 0 Å². The highest BCUT2D eigenvalue weighted by Gasteiger charge is 2.10. The fraction of sp³-hybridized carbons (Fsp3) is 0.125. The molecular formula is C16H15FN2O3. The van der Waals surface area contributed by atoms with Gasteiger partial charge in [0.25, 0.3) is 5.91 Å². The van der Waals surface area contributed by atoms with Crippen molar-refractivity contribution in [2.45, 2.75) is 0 Å². The van der Waals surface area contributed by atoms with Crippen LogP contribution < -0.4 is 15.2 Å². The number of nitrogens with zero attached hydrogens (tertiary/aromatic N) is 1. The van der Waals surface area contributed by atoms with E-state index >= 15 is 0 Å². The second-order valence-electron chi connectivity index (χ2n) is 4.37. The number of nitrogens with two attached hydrogens (primary N) is 1. The first-order chi connectivity index (χ1) is 10.6. The first-order valence-corrected chi connectivity index (χ1v) is 6.48. The Bertz CT molecular complexity index is 684. The van der Waals surface area contributed by atoms with Crippen molar-refractivity contribution in [3.8, 4) is 11.5 Å². The summed E-state index contributed by atoms with van der Waals surface area (Å²) in [5, 5.41) is 0. The van der Waals surface area contributed by atoms with Gasteiger partial charge in [-0.05, 0) is 36.4 Å². The molecule has 0 atom stereocenters. The van der Waals surface area contributed by atoms with E-state index in [9.17, 15) is 9.18 Å².